The van der Waals surface area contributed by atoms with E-state index >= 15 is 0 Å². The van der Waals surface area contributed by atoms with Crippen LogP contribution >= 0.6 is 11.6 Å². The summed E-state index contributed by atoms with van der Waals surface area (Å²) in [6.45, 7) is 2.74. The molecular formula is C14H18ClNO5. The maximum Gasteiger partial charge on any atom is 0.331 e. The van der Waals surface area contributed by atoms with Crippen LogP contribution in [0.1, 0.15) is 12.5 Å². The molecule has 1 rings (SSSR count). The zero-order valence-electron chi connectivity index (χ0n) is 12.1. The first-order valence-electron chi connectivity index (χ1n) is 6.21. The summed E-state index contributed by atoms with van der Waals surface area (Å²) in [6, 6.07) is 4.99. The fraction of sp³-hybridized carbons (Fsp3) is 0.429. The van der Waals surface area contributed by atoms with Gasteiger partial charge in [0, 0.05) is 12.1 Å². The predicted molar refractivity (Wildman–Crippen MR) is 77.7 cm³/mol. The lowest BCUT2D eigenvalue weighted by atomic mass is 10.0. The second kappa shape index (κ2) is 7.28. The third kappa shape index (κ3) is 4.91. The van der Waals surface area contributed by atoms with Gasteiger partial charge in [-0.05, 0) is 37.6 Å². The minimum absolute atomic E-state index is 0.145. The summed E-state index contributed by atoms with van der Waals surface area (Å²) in [6.07, 6.45) is 0. The molecule has 7 heteroatoms. The molecule has 1 amide bonds. The van der Waals surface area contributed by atoms with E-state index in [9.17, 15) is 9.59 Å². The Balaban J connectivity index is 2.60. The minimum Gasteiger partial charge on any atom is -0.484 e. The fourth-order valence-corrected chi connectivity index (χ4v) is 1.76. The first-order valence-corrected chi connectivity index (χ1v) is 6.58. The highest BCUT2D eigenvalue weighted by molar-refractivity contribution is 6.31. The van der Waals surface area contributed by atoms with Gasteiger partial charge in [-0.3, -0.25) is 4.79 Å². The van der Waals surface area contributed by atoms with Gasteiger partial charge in [0.05, 0.1) is 6.61 Å². The maximum absolute atomic E-state index is 11.8. The molecule has 0 radical (unpaired) electrons. The van der Waals surface area contributed by atoms with Crippen LogP contribution in [0.4, 0.5) is 0 Å². The van der Waals surface area contributed by atoms with Crippen LogP contribution in [0.3, 0.4) is 0 Å². The van der Waals surface area contributed by atoms with E-state index in [4.69, 9.17) is 26.2 Å². The molecule has 0 aromatic heterocycles. The number of halogens is 1. The number of benzene rings is 1. The molecular weight excluding hydrogens is 298 g/mol. The maximum atomic E-state index is 11.8. The minimum atomic E-state index is -1.49. The Hall–Kier alpha value is -1.79. The molecule has 0 saturated heterocycles. The van der Waals surface area contributed by atoms with Crippen molar-refractivity contribution >= 4 is 23.5 Å². The molecule has 1 atom stereocenters. The summed E-state index contributed by atoms with van der Waals surface area (Å²) >= 11 is 5.89. The zero-order chi connectivity index (χ0) is 16.0. The molecule has 0 heterocycles. The van der Waals surface area contributed by atoms with Gasteiger partial charge in [0.1, 0.15) is 5.75 Å². The molecule has 0 fully saturated rings. The van der Waals surface area contributed by atoms with Gasteiger partial charge in [0.15, 0.2) is 12.1 Å². The normalized spacial score (nSPS) is 13.3. The van der Waals surface area contributed by atoms with E-state index in [-0.39, 0.29) is 13.2 Å². The number of methoxy groups -OCH3 is 1. The Labute approximate surface area is 128 Å². The Morgan fingerprint density at radius 3 is 2.62 bits per heavy atom. The van der Waals surface area contributed by atoms with Crippen molar-refractivity contribution in [3.63, 3.8) is 0 Å². The first-order chi connectivity index (χ1) is 9.78. The molecule has 0 bridgehead atoms. The third-order valence-electron chi connectivity index (χ3n) is 2.82. The van der Waals surface area contributed by atoms with Crippen molar-refractivity contribution in [3.8, 4) is 5.75 Å². The summed E-state index contributed by atoms with van der Waals surface area (Å²) in [7, 11) is 1.36. The lowest BCUT2D eigenvalue weighted by Gasteiger charge is -2.25. The fourth-order valence-electron chi connectivity index (χ4n) is 1.64. The van der Waals surface area contributed by atoms with Crippen LogP contribution in [0.15, 0.2) is 18.2 Å². The highest BCUT2D eigenvalue weighted by Crippen LogP contribution is 2.20. The Morgan fingerprint density at radius 1 is 1.43 bits per heavy atom. The van der Waals surface area contributed by atoms with Gasteiger partial charge in [-0.15, -0.1) is 0 Å². The predicted octanol–water partition coefficient (Wildman–Crippen LogP) is 1.63. The number of carbonyl (C=O) groups is 2. The van der Waals surface area contributed by atoms with E-state index in [1.165, 1.54) is 14.0 Å². The lowest BCUT2D eigenvalue weighted by Crippen LogP contribution is -2.56. The molecule has 1 unspecified atom stereocenters. The van der Waals surface area contributed by atoms with E-state index in [1.54, 1.807) is 18.2 Å². The number of amides is 1. The smallest absolute Gasteiger partial charge is 0.331 e. The molecule has 0 saturated carbocycles. The number of aryl methyl sites for hydroxylation is 1. The lowest BCUT2D eigenvalue weighted by molar-refractivity contribution is -0.149. The monoisotopic (exact) mass is 315 g/mol. The number of aliphatic carboxylic acids is 1. The Morgan fingerprint density at radius 2 is 2.10 bits per heavy atom. The van der Waals surface area contributed by atoms with Gasteiger partial charge >= 0.3 is 5.97 Å². The summed E-state index contributed by atoms with van der Waals surface area (Å²) in [4.78, 5) is 22.9. The molecule has 0 aliphatic heterocycles. The highest BCUT2D eigenvalue weighted by Gasteiger charge is 2.35. The van der Waals surface area contributed by atoms with Crippen molar-refractivity contribution in [1.82, 2.24) is 5.32 Å². The Kier molecular flexibility index (Phi) is 5.99. The summed E-state index contributed by atoms with van der Waals surface area (Å²) in [5.74, 6) is -1.25. The van der Waals surface area contributed by atoms with Gasteiger partial charge in [-0.2, -0.15) is 0 Å². The summed E-state index contributed by atoms with van der Waals surface area (Å²) < 4.78 is 10.1. The molecule has 2 N–H and O–H groups in total. The molecule has 6 nitrogen and oxygen atoms in total. The Bertz CT molecular complexity index is 534. The molecule has 21 heavy (non-hydrogen) atoms. The summed E-state index contributed by atoms with van der Waals surface area (Å²) in [5, 5.41) is 12.1. The van der Waals surface area contributed by atoms with Crippen LogP contribution in [0.5, 0.6) is 5.75 Å². The van der Waals surface area contributed by atoms with Crippen LogP contribution in [-0.2, 0) is 14.3 Å². The number of carboxylic acids is 1. The number of carboxylic acid groups (broad SMARTS) is 1. The van der Waals surface area contributed by atoms with Gasteiger partial charge in [-0.1, -0.05) is 11.6 Å². The number of rotatable bonds is 7. The van der Waals surface area contributed by atoms with E-state index in [0.29, 0.717) is 10.8 Å². The third-order valence-corrected chi connectivity index (χ3v) is 3.24. The van der Waals surface area contributed by atoms with Crippen LogP contribution in [0.2, 0.25) is 5.02 Å². The molecule has 0 aliphatic rings. The van der Waals surface area contributed by atoms with E-state index in [2.05, 4.69) is 5.32 Å². The standard InChI is InChI=1S/C14H18ClNO5/c1-9-6-10(4-5-11(9)15)21-7-12(17)16-14(2,8-20-3)13(18)19/h4-6H,7-8H2,1-3H3,(H,16,17)(H,18,19). The topological polar surface area (TPSA) is 84.9 Å². The van der Waals surface area contributed by atoms with E-state index < -0.39 is 17.4 Å². The van der Waals surface area contributed by atoms with Gasteiger partial charge in [0.25, 0.3) is 5.91 Å². The van der Waals surface area contributed by atoms with Crippen LogP contribution in [0.25, 0.3) is 0 Å². The number of carbonyl (C=O) groups excluding carboxylic acids is 1. The molecule has 1 aromatic rings. The molecule has 116 valence electrons. The quantitative estimate of drug-likeness (QED) is 0.799. The molecule has 0 spiro atoms. The van der Waals surface area contributed by atoms with Crippen molar-refractivity contribution in [2.24, 2.45) is 0 Å². The number of hydrogen-bond donors (Lipinski definition) is 2. The van der Waals surface area contributed by atoms with Gasteiger partial charge < -0.3 is 19.9 Å². The molecule has 0 aliphatic carbocycles. The van der Waals surface area contributed by atoms with Crippen molar-refractivity contribution in [2.75, 3.05) is 20.3 Å². The largest absolute Gasteiger partial charge is 0.484 e. The SMILES string of the molecule is COCC(C)(NC(=O)COc1ccc(Cl)c(C)c1)C(=O)O. The number of ether oxygens (including phenoxy) is 2. The van der Waals surface area contributed by atoms with E-state index in [0.717, 1.165) is 5.56 Å². The zero-order valence-corrected chi connectivity index (χ0v) is 12.9. The van der Waals surface area contributed by atoms with Crippen LogP contribution < -0.4 is 10.1 Å². The van der Waals surface area contributed by atoms with Gasteiger partial charge in [0.2, 0.25) is 0 Å². The molecule has 1 aromatic carbocycles. The van der Waals surface area contributed by atoms with Crippen LogP contribution in [0, 0.1) is 6.92 Å². The highest BCUT2D eigenvalue weighted by atomic mass is 35.5. The average Bonchev–Trinajstić information content (AvgIpc) is 2.40. The van der Waals surface area contributed by atoms with Crippen molar-refractivity contribution in [3.05, 3.63) is 28.8 Å². The number of hydrogen-bond acceptors (Lipinski definition) is 4. The summed E-state index contributed by atoms with van der Waals surface area (Å²) in [5.41, 5.74) is -0.671. The average molecular weight is 316 g/mol. The second-order valence-corrected chi connectivity index (χ2v) is 5.23. The van der Waals surface area contributed by atoms with Crippen molar-refractivity contribution in [2.45, 2.75) is 19.4 Å². The van der Waals surface area contributed by atoms with E-state index in [1.807, 2.05) is 6.92 Å². The second-order valence-electron chi connectivity index (χ2n) is 4.82. The van der Waals surface area contributed by atoms with Crippen molar-refractivity contribution < 1.29 is 24.2 Å². The van der Waals surface area contributed by atoms with Crippen molar-refractivity contribution in [1.29, 1.82) is 0 Å². The first kappa shape index (κ1) is 17.3. The van der Waals surface area contributed by atoms with Crippen LogP contribution in [-0.4, -0.2) is 42.8 Å². The van der Waals surface area contributed by atoms with Gasteiger partial charge in [-0.25, -0.2) is 4.79 Å². The number of nitrogens with one attached hydrogen (secondary N) is 1.